The molecule has 0 radical (unpaired) electrons. The minimum atomic E-state index is -2.98. The van der Waals surface area contributed by atoms with E-state index in [2.05, 4.69) is 15.6 Å². The lowest BCUT2D eigenvalue weighted by atomic mass is 10.1. The molecule has 2 N–H and O–H groups in total. The monoisotopic (exact) mass is 466 g/mol. The van der Waals surface area contributed by atoms with Gasteiger partial charge in [0.2, 0.25) is 0 Å². The molecule has 0 aromatic heterocycles. The predicted molar refractivity (Wildman–Crippen MR) is 102 cm³/mol. The number of aliphatic imine (C=N–C) groups is 1. The summed E-state index contributed by atoms with van der Waals surface area (Å²) in [4.78, 5) is 4.28. The Morgan fingerprint density at radius 1 is 1.50 bits per heavy atom. The van der Waals surface area contributed by atoms with Crippen LogP contribution in [0.25, 0.3) is 0 Å². The molecule has 1 unspecified atom stereocenters. The number of halogens is 2. The van der Waals surface area contributed by atoms with Crippen LogP contribution in [0, 0.1) is 17.1 Å². The highest BCUT2D eigenvalue weighted by Crippen LogP contribution is 2.13. The Balaban J connectivity index is 0.00000288. The zero-order valence-electron chi connectivity index (χ0n) is 13.3. The van der Waals surface area contributed by atoms with Gasteiger partial charge in [-0.15, -0.1) is 24.0 Å². The highest BCUT2D eigenvalue weighted by atomic mass is 127. The maximum absolute atomic E-state index is 13.7. The molecule has 1 aromatic rings. The molecule has 1 atom stereocenters. The molecule has 6 nitrogen and oxygen atoms in total. The fourth-order valence-electron chi connectivity index (χ4n) is 2.35. The van der Waals surface area contributed by atoms with Crippen LogP contribution >= 0.6 is 24.0 Å². The Kier molecular flexibility index (Phi) is 7.89. The molecule has 1 fully saturated rings. The van der Waals surface area contributed by atoms with E-state index in [9.17, 15) is 12.8 Å². The molecule has 1 saturated heterocycles. The van der Waals surface area contributed by atoms with E-state index in [0.717, 1.165) is 0 Å². The zero-order valence-corrected chi connectivity index (χ0v) is 16.4. The second kappa shape index (κ2) is 9.17. The van der Waals surface area contributed by atoms with E-state index in [1.54, 1.807) is 0 Å². The first-order valence-corrected chi connectivity index (χ1v) is 9.19. The average Bonchev–Trinajstić information content (AvgIpc) is 2.85. The van der Waals surface area contributed by atoms with E-state index in [4.69, 9.17) is 5.26 Å². The van der Waals surface area contributed by atoms with Crippen LogP contribution in [0.5, 0.6) is 0 Å². The van der Waals surface area contributed by atoms with Gasteiger partial charge in [0.05, 0.1) is 29.7 Å². The van der Waals surface area contributed by atoms with Crippen LogP contribution in [0.1, 0.15) is 24.5 Å². The summed E-state index contributed by atoms with van der Waals surface area (Å²) in [7, 11) is -2.98. The van der Waals surface area contributed by atoms with E-state index >= 15 is 0 Å². The predicted octanol–water partition coefficient (Wildman–Crippen LogP) is 1.56. The Morgan fingerprint density at radius 3 is 2.83 bits per heavy atom. The number of hydrogen-bond acceptors (Lipinski definition) is 4. The fraction of sp³-hybridized carbons (Fsp3) is 0.467. The number of nitrogens with one attached hydrogen (secondary N) is 2. The summed E-state index contributed by atoms with van der Waals surface area (Å²) in [6.07, 6.45) is 0.533. The van der Waals surface area contributed by atoms with Crippen LogP contribution in [0.2, 0.25) is 0 Å². The third-order valence-electron chi connectivity index (χ3n) is 3.50. The van der Waals surface area contributed by atoms with Crippen molar-refractivity contribution in [1.82, 2.24) is 10.6 Å². The van der Waals surface area contributed by atoms with Gasteiger partial charge >= 0.3 is 0 Å². The standard InChI is InChI=1S/C15H19FN4O2S.HI/c1-2-18-15(20-13-5-6-23(21,22)10-13)19-9-12-7-11(8-17)3-4-14(12)16;/h3-4,7,13H,2,5-6,9-10H2,1H3,(H2,18,19,20);1H. The quantitative estimate of drug-likeness (QED) is 0.399. The molecule has 0 bridgehead atoms. The summed E-state index contributed by atoms with van der Waals surface area (Å²) in [6, 6.07) is 5.89. The van der Waals surface area contributed by atoms with Gasteiger partial charge in [-0.2, -0.15) is 5.26 Å². The van der Waals surface area contributed by atoms with Crippen LogP contribution < -0.4 is 10.6 Å². The third-order valence-corrected chi connectivity index (χ3v) is 5.27. The van der Waals surface area contributed by atoms with Gasteiger partial charge in [-0.05, 0) is 31.5 Å². The second-order valence-electron chi connectivity index (χ2n) is 5.36. The first-order valence-electron chi connectivity index (χ1n) is 7.37. The number of rotatable bonds is 4. The summed E-state index contributed by atoms with van der Waals surface area (Å²) in [5, 5.41) is 14.9. The first-order chi connectivity index (χ1) is 10.9. The Bertz CT molecular complexity index is 746. The minimum absolute atomic E-state index is 0. The summed E-state index contributed by atoms with van der Waals surface area (Å²) in [5.74, 6) is 0.266. The highest BCUT2D eigenvalue weighted by molar-refractivity contribution is 14.0. The largest absolute Gasteiger partial charge is 0.357 e. The summed E-state index contributed by atoms with van der Waals surface area (Å²) in [5.41, 5.74) is 0.691. The van der Waals surface area contributed by atoms with Gasteiger partial charge in [-0.3, -0.25) is 0 Å². The lowest BCUT2D eigenvalue weighted by Gasteiger charge is -2.15. The number of guanidine groups is 1. The van der Waals surface area contributed by atoms with E-state index in [1.165, 1.54) is 18.2 Å². The van der Waals surface area contributed by atoms with Crippen molar-refractivity contribution in [2.75, 3.05) is 18.1 Å². The maximum Gasteiger partial charge on any atom is 0.191 e. The molecular formula is C15H20FIN4O2S. The maximum atomic E-state index is 13.7. The van der Waals surface area contributed by atoms with Crippen LogP contribution in [0.3, 0.4) is 0 Å². The topological polar surface area (TPSA) is 94.3 Å². The van der Waals surface area contributed by atoms with Crippen molar-refractivity contribution in [3.63, 3.8) is 0 Å². The number of hydrogen-bond donors (Lipinski definition) is 2. The molecule has 1 aliphatic heterocycles. The summed E-state index contributed by atoms with van der Waals surface area (Å²) >= 11 is 0. The zero-order chi connectivity index (χ0) is 16.9. The van der Waals surface area contributed by atoms with Gasteiger partial charge in [0.25, 0.3) is 0 Å². The van der Waals surface area contributed by atoms with Crippen molar-refractivity contribution in [2.45, 2.75) is 25.9 Å². The average molecular weight is 466 g/mol. The van der Waals surface area contributed by atoms with Gasteiger partial charge in [-0.1, -0.05) is 0 Å². The minimum Gasteiger partial charge on any atom is -0.357 e. The Hall–Kier alpha value is -1.41. The molecule has 2 rings (SSSR count). The summed E-state index contributed by atoms with van der Waals surface area (Å²) < 4.78 is 36.7. The molecule has 0 spiro atoms. The van der Waals surface area contributed by atoms with Crippen LogP contribution in [0.4, 0.5) is 4.39 Å². The van der Waals surface area contributed by atoms with Crippen molar-refractivity contribution >= 4 is 39.8 Å². The number of nitriles is 1. The van der Waals surface area contributed by atoms with Gasteiger partial charge in [-0.25, -0.2) is 17.8 Å². The Labute approximate surface area is 158 Å². The smallest absolute Gasteiger partial charge is 0.191 e. The molecule has 0 amide bonds. The molecule has 1 aliphatic rings. The van der Waals surface area contributed by atoms with Gasteiger partial charge in [0.15, 0.2) is 15.8 Å². The fourth-order valence-corrected chi connectivity index (χ4v) is 4.03. The number of nitrogens with zero attached hydrogens (tertiary/aromatic N) is 2. The van der Waals surface area contributed by atoms with Crippen LogP contribution in [-0.2, 0) is 16.4 Å². The Morgan fingerprint density at radius 2 is 2.25 bits per heavy atom. The number of sulfone groups is 1. The van der Waals surface area contributed by atoms with E-state index in [0.29, 0.717) is 30.1 Å². The van der Waals surface area contributed by atoms with Crippen molar-refractivity contribution in [2.24, 2.45) is 4.99 Å². The number of benzene rings is 1. The molecule has 24 heavy (non-hydrogen) atoms. The molecule has 9 heteroatoms. The van der Waals surface area contributed by atoms with Crippen LogP contribution in [0.15, 0.2) is 23.2 Å². The molecular weight excluding hydrogens is 446 g/mol. The van der Waals surface area contributed by atoms with Crippen LogP contribution in [-0.4, -0.2) is 38.5 Å². The molecule has 0 saturated carbocycles. The summed E-state index contributed by atoms with van der Waals surface area (Å²) in [6.45, 7) is 2.56. The molecule has 1 heterocycles. The normalized spacial score (nSPS) is 19.2. The lowest BCUT2D eigenvalue weighted by molar-refractivity contribution is 0.599. The molecule has 0 aliphatic carbocycles. The van der Waals surface area contributed by atoms with Gasteiger partial charge in [0, 0.05) is 18.2 Å². The van der Waals surface area contributed by atoms with Gasteiger partial charge in [0.1, 0.15) is 5.82 Å². The highest BCUT2D eigenvalue weighted by Gasteiger charge is 2.28. The van der Waals surface area contributed by atoms with Gasteiger partial charge < -0.3 is 10.6 Å². The van der Waals surface area contributed by atoms with Crippen molar-refractivity contribution in [3.05, 3.63) is 35.1 Å². The lowest BCUT2D eigenvalue weighted by Crippen LogP contribution is -2.44. The molecule has 132 valence electrons. The van der Waals surface area contributed by atoms with E-state index < -0.39 is 15.7 Å². The van der Waals surface area contributed by atoms with Crippen molar-refractivity contribution in [1.29, 1.82) is 5.26 Å². The SMILES string of the molecule is CCNC(=NCc1cc(C#N)ccc1F)NC1CCS(=O)(=O)C1.I. The van der Waals surface area contributed by atoms with E-state index in [1.807, 2.05) is 13.0 Å². The van der Waals surface area contributed by atoms with E-state index in [-0.39, 0.29) is 48.1 Å². The third kappa shape index (κ3) is 5.90. The second-order valence-corrected chi connectivity index (χ2v) is 7.59. The van der Waals surface area contributed by atoms with Crippen molar-refractivity contribution in [3.8, 4) is 6.07 Å². The molecule has 1 aromatic carbocycles. The van der Waals surface area contributed by atoms with Crippen molar-refractivity contribution < 1.29 is 12.8 Å². The first kappa shape index (κ1) is 20.6.